The molecule has 0 aliphatic carbocycles. The number of hydrogen-bond donors (Lipinski definition) is 1. The van der Waals surface area contributed by atoms with E-state index in [9.17, 15) is 0 Å². The number of aryl methyl sites for hydroxylation is 1. The first-order valence-electron chi connectivity index (χ1n) is 5.14. The largest absolute Gasteiger partial charge is 0.375 e. The van der Waals surface area contributed by atoms with Crippen molar-refractivity contribution in [3.63, 3.8) is 0 Å². The number of nitrogens with two attached hydrogens (primary N) is 1. The second-order valence-electron chi connectivity index (χ2n) is 4.15. The highest BCUT2D eigenvalue weighted by molar-refractivity contribution is 7.22. The second-order valence-corrected chi connectivity index (χ2v) is 5.18. The molecule has 0 saturated heterocycles. The SMILES string of the molecule is Cc1cc(C#N)c(C(C)C)c2sc(N)nc12. The monoisotopic (exact) mass is 231 g/mol. The molecule has 3 nitrogen and oxygen atoms in total. The fourth-order valence-electron chi connectivity index (χ4n) is 1.94. The van der Waals surface area contributed by atoms with Crippen molar-refractivity contribution < 1.29 is 0 Å². The molecule has 0 saturated carbocycles. The number of anilines is 1. The first-order chi connectivity index (χ1) is 7.54. The van der Waals surface area contributed by atoms with Crippen LogP contribution >= 0.6 is 11.3 Å². The maximum Gasteiger partial charge on any atom is 0.181 e. The normalized spacial score (nSPS) is 10.9. The molecule has 2 aromatic rings. The van der Waals surface area contributed by atoms with E-state index in [1.165, 1.54) is 11.3 Å². The van der Waals surface area contributed by atoms with Crippen LogP contribution in [0.1, 0.15) is 36.5 Å². The smallest absolute Gasteiger partial charge is 0.181 e. The van der Waals surface area contributed by atoms with Gasteiger partial charge in [0.05, 0.1) is 21.8 Å². The molecule has 16 heavy (non-hydrogen) atoms. The number of hydrogen-bond acceptors (Lipinski definition) is 4. The van der Waals surface area contributed by atoms with Crippen molar-refractivity contribution >= 4 is 26.7 Å². The number of nitrogen functional groups attached to an aromatic ring is 1. The van der Waals surface area contributed by atoms with Gasteiger partial charge in [0, 0.05) is 0 Å². The number of rotatable bonds is 1. The Morgan fingerprint density at radius 2 is 2.19 bits per heavy atom. The molecular formula is C12H13N3S. The van der Waals surface area contributed by atoms with Crippen molar-refractivity contribution in [2.24, 2.45) is 0 Å². The third kappa shape index (κ3) is 1.54. The zero-order valence-electron chi connectivity index (χ0n) is 9.53. The van der Waals surface area contributed by atoms with Crippen molar-refractivity contribution in [2.75, 3.05) is 5.73 Å². The van der Waals surface area contributed by atoms with Gasteiger partial charge in [0.25, 0.3) is 0 Å². The van der Waals surface area contributed by atoms with Crippen LogP contribution in [0.5, 0.6) is 0 Å². The number of benzene rings is 1. The highest BCUT2D eigenvalue weighted by Gasteiger charge is 2.16. The summed E-state index contributed by atoms with van der Waals surface area (Å²) >= 11 is 1.47. The summed E-state index contributed by atoms with van der Waals surface area (Å²) in [6.07, 6.45) is 0. The zero-order chi connectivity index (χ0) is 11.9. The Kier molecular flexibility index (Phi) is 2.56. The Morgan fingerprint density at radius 1 is 1.50 bits per heavy atom. The Balaban J connectivity index is 2.93. The summed E-state index contributed by atoms with van der Waals surface area (Å²) < 4.78 is 1.06. The van der Waals surface area contributed by atoms with Crippen LogP contribution in [0.25, 0.3) is 10.2 Å². The van der Waals surface area contributed by atoms with Gasteiger partial charge in [-0.3, -0.25) is 0 Å². The van der Waals surface area contributed by atoms with E-state index in [1.54, 1.807) is 0 Å². The molecule has 0 fully saturated rings. The van der Waals surface area contributed by atoms with Crippen LogP contribution in [-0.4, -0.2) is 4.98 Å². The molecule has 0 unspecified atom stereocenters. The van der Waals surface area contributed by atoms with E-state index in [0.717, 1.165) is 26.9 Å². The van der Waals surface area contributed by atoms with Gasteiger partial charge in [-0.2, -0.15) is 5.26 Å². The molecule has 1 aromatic carbocycles. The lowest BCUT2D eigenvalue weighted by atomic mass is 9.95. The molecule has 82 valence electrons. The van der Waals surface area contributed by atoms with E-state index in [0.29, 0.717) is 11.0 Å². The van der Waals surface area contributed by atoms with E-state index < -0.39 is 0 Å². The van der Waals surface area contributed by atoms with Gasteiger partial charge < -0.3 is 5.73 Å². The van der Waals surface area contributed by atoms with Crippen LogP contribution in [0.2, 0.25) is 0 Å². The minimum absolute atomic E-state index is 0.303. The molecule has 2 N–H and O–H groups in total. The van der Waals surface area contributed by atoms with Gasteiger partial charge in [-0.15, -0.1) is 0 Å². The molecular weight excluding hydrogens is 218 g/mol. The average molecular weight is 231 g/mol. The summed E-state index contributed by atoms with van der Waals surface area (Å²) in [5.74, 6) is 0.303. The number of nitriles is 1. The van der Waals surface area contributed by atoms with E-state index >= 15 is 0 Å². The van der Waals surface area contributed by atoms with Crippen molar-refractivity contribution in [3.05, 3.63) is 22.8 Å². The number of nitrogens with zero attached hydrogens (tertiary/aromatic N) is 2. The average Bonchev–Trinajstić information content (AvgIpc) is 2.58. The summed E-state index contributed by atoms with van der Waals surface area (Å²) in [6, 6.07) is 4.16. The van der Waals surface area contributed by atoms with Gasteiger partial charge in [0.1, 0.15) is 0 Å². The molecule has 0 amide bonds. The maximum atomic E-state index is 9.16. The van der Waals surface area contributed by atoms with E-state index in [1.807, 2.05) is 13.0 Å². The van der Waals surface area contributed by atoms with Crippen LogP contribution in [0.15, 0.2) is 6.07 Å². The predicted molar refractivity (Wildman–Crippen MR) is 67.6 cm³/mol. The fourth-order valence-corrected chi connectivity index (χ4v) is 3.04. The minimum Gasteiger partial charge on any atom is -0.375 e. The van der Waals surface area contributed by atoms with Crippen molar-refractivity contribution in [2.45, 2.75) is 26.7 Å². The summed E-state index contributed by atoms with van der Waals surface area (Å²) in [4.78, 5) is 4.32. The molecule has 0 aliphatic heterocycles. The standard InChI is InChI=1S/C12H13N3S/c1-6(2)9-8(5-13)4-7(3)10-11(9)16-12(14)15-10/h4,6H,1-3H3,(H2,14,15). The van der Waals surface area contributed by atoms with Gasteiger partial charge in [-0.1, -0.05) is 25.2 Å². The van der Waals surface area contributed by atoms with Crippen molar-refractivity contribution in [1.29, 1.82) is 5.26 Å². The van der Waals surface area contributed by atoms with Gasteiger partial charge in [0.15, 0.2) is 5.13 Å². The van der Waals surface area contributed by atoms with E-state index in [2.05, 4.69) is 24.9 Å². The molecule has 1 heterocycles. The lowest BCUT2D eigenvalue weighted by molar-refractivity contribution is 0.873. The van der Waals surface area contributed by atoms with Crippen molar-refractivity contribution in [3.8, 4) is 6.07 Å². The first-order valence-corrected chi connectivity index (χ1v) is 5.95. The summed E-state index contributed by atoms with van der Waals surface area (Å²) in [7, 11) is 0. The number of fused-ring (bicyclic) bond motifs is 1. The molecule has 0 bridgehead atoms. The van der Waals surface area contributed by atoms with Crippen LogP contribution in [0.4, 0.5) is 5.13 Å². The van der Waals surface area contributed by atoms with Crippen LogP contribution in [0.3, 0.4) is 0 Å². The maximum absolute atomic E-state index is 9.16. The Bertz CT molecular complexity index is 590. The fraction of sp³-hybridized carbons (Fsp3) is 0.333. The number of thiazole rings is 1. The topological polar surface area (TPSA) is 62.7 Å². The highest BCUT2D eigenvalue weighted by atomic mass is 32.1. The zero-order valence-corrected chi connectivity index (χ0v) is 10.4. The summed E-state index contributed by atoms with van der Waals surface area (Å²) in [5.41, 5.74) is 9.50. The Hall–Kier alpha value is -1.60. The van der Waals surface area contributed by atoms with Crippen molar-refractivity contribution in [1.82, 2.24) is 4.98 Å². The lowest BCUT2D eigenvalue weighted by Gasteiger charge is -2.10. The van der Waals surface area contributed by atoms with E-state index in [-0.39, 0.29) is 0 Å². The summed E-state index contributed by atoms with van der Waals surface area (Å²) in [6.45, 7) is 6.13. The quantitative estimate of drug-likeness (QED) is 0.819. The third-order valence-corrected chi connectivity index (χ3v) is 3.53. The molecule has 1 aromatic heterocycles. The second kappa shape index (κ2) is 3.76. The number of aromatic nitrogens is 1. The molecule has 0 aliphatic rings. The van der Waals surface area contributed by atoms with Gasteiger partial charge >= 0.3 is 0 Å². The Labute approximate surface area is 98.5 Å². The molecule has 0 radical (unpaired) electrons. The van der Waals surface area contributed by atoms with Crippen LogP contribution < -0.4 is 5.73 Å². The van der Waals surface area contributed by atoms with Crippen LogP contribution in [0, 0.1) is 18.3 Å². The third-order valence-electron chi connectivity index (χ3n) is 2.61. The van der Waals surface area contributed by atoms with Gasteiger partial charge in [-0.05, 0) is 30.0 Å². The molecule has 0 atom stereocenters. The lowest BCUT2D eigenvalue weighted by Crippen LogP contribution is -1.95. The van der Waals surface area contributed by atoms with Gasteiger partial charge in [-0.25, -0.2) is 4.98 Å². The first kappa shape index (κ1) is 10.9. The molecule has 2 rings (SSSR count). The minimum atomic E-state index is 0.303. The molecule has 4 heteroatoms. The van der Waals surface area contributed by atoms with E-state index in [4.69, 9.17) is 11.0 Å². The predicted octanol–water partition coefficient (Wildman–Crippen LogP) is 3.18. The van der Waals surface area contributed by atoms with Gasteiger partial charge in [0.2, 0.25) is 0 Å². The Morgan fingerprint density at radius 3 is 2.75 bits per heavy atom. The summed E-state index contributed by atoms with van der Waals surface area (Å²) in [5, 5.41) is 9.73. The highest BCUT2D eigenvalue weighted by Crippen LogP contribution is 2.35. The molecule has 0 spiro atoms. The van der Waals surface area contributed by atoms with Crippen LogP contribution in [-0.2, 0) is 0 Å².